The van der Waals surface area contributed by atoms with E-state index >= 15 is 0 Å². The molecule has 0 spiro atoms. The van der Waals surface area contributed by atoms with E-state index in [-0.39, 0.29) is 42.9 Å². The fourth-order valence-corrected chi connectivity index (χ4v) is 3.54. The van der Waals surface area contributed by atoms with Crippen LogP contribution < -0.4 is 16.4 Å². The van der Waals surface area contributed by atoms with Gasteiger partial charge in [-0.25, -0.2) is 0 Å². The van der Waals surface area contributed by atoms with Gasteiger partial charge in [0.25, 0.3) is 0 Å². The highest BCUT2D eigenvalue weighted by Gasteiger charge is 2.40. The smallest absolute Gasteiger partial charge is 0.313 e. The van der Waals surface area contributed by atoms with Crippen molar-refractivity contribution in [2.75, 3.05) is 30.6 Å². The summed E-state index contributed by atoms with van der Waals surface area (Å²) in [4.78, 5) is 35.6. The van der Waals surface area contributed by atoms with Gasteiger partial charge < -0.3 is 21.1 Å². The molecule has 24 heavy (non-hydrogen) atoms. The second-order valence-electron chi connectivity index (χ2n) is 5.75. The maximum atomic E-state index is 12.3. The van der Waals surface area contributed by atoms with Crippen LogP contribution in [0.1, 0.15) is 19.8 Å². The Morgan fingerprint density at radius 1 is 1.29 bits per heavy atom. The van der Waals surface area contributed by atoms with Crippen molar-refractivity contribution in [3.05, 3.63) is 0 Å². The van der Waals surface area contributed by atoms with Crippen LogP contribution in [0.4, 0.5) is 0 Å². The molecule has 0 aromatic carbocycles. The van der Waals surface area contributed by atoms with Crippen molar-refractivity contribution in [2.24, 2.45) is 11.7 Å². The number of hydrogen-bond acceptors (Lipinski definition) is 7. The van der Waals surface area contributed by atoms with Crippen LogP contribution in [0.5, 0.6) is 0 Å². The minimum atomic E-state index is -0.789. The summed E-state index contributed by atoms with van der Waals surface area (Å²) in [7, 11) is 0. The lowest BCUT2D eigenvalue weighted by Crippen LogP contribution is -2.54. The predicted octanol–water partition coefficient (Wildman–Crippen LogP) is -0.0176. The van der Waals surface area contributed by atoms with E-state index in [2.05, 4.69) is 10.6 Å². The molecule has 2 amide bonds. The molecule has 0 radical (unpaired) electrons. The summed E-state index contributed by atoms with van der Waals surface area (Å²) >= 11 is 3.39. The van der Waals surface area contributed by atoms with E-state index in [1.165, 1.54) is 0 Å². The first-order valence-corrected chi connectivity index (χ1v) is 10.7. The molecule has 1 fully saturated rings. The van der Waals surface area contributed by atoms with Gasteiger partial charge in [0, 0.05) is 24.8 Å². The van der Waals surface area contributed by atoms with Gasteiger partial charge in [-0.3, -0.25) is 14.4 Å². The van der Waals surface area contributed by atoms with Gasteiger partial charge in [-0.05, 0) is 31.6 Å². The lowest BCUT2D eigenvalue weighted by molar-refractivity contribution is -0.183. The number of carbonyl (C=O) groups excluding carboxylic acids is 3. The van der Waals surface area contributed by atoms with Crippen molar-refractivity contribution < 1.29 is 19.1 Å². The second kappa shape index (κ2) is 10.8. The van der Waals surface area contributed by atoms with E-state index in [0.717, 1.165) is 17.9 Å². The molecule has 1 heterocycles. The predicted molar refractivity (Wildman–Crippen MR) is 98.0 cm³/mol. The molecular formula is C15H27N3O4S2. The van der Waals surface area contributed by atoms with Crippen LogP contribution in [0, 0.1) is 5.92 Å². The van der Waals surface area contributed by atoms with Gasteiger partial charge in [0.15, 0.2) is 0 Å². The topological polar surface area (TPSA) is 111 Å². The monoisotopic (exact) mass is 377 g/mol. The Kier molecular flexibility index (Phi) is 9.53. The Morgan fingerprint density at radius 2 is 2.00 bits per heavy atom. The molecule has 1 rings (SSSR count). The third-order valence-electron chi connectivity index (χ3n) is 3.85. The van der Waals surface area contributed by atoms with Crippen molar-refractivity contribution in [2.45, 2.75) is 38.0 Å². The highest BCUT2D eigenvalue weighted by Crippen LogP contribution is 2.24. The standard InChI is InChI=1S/C15H27N3O4S2/c1-9-11(15(21)22-9)6-13(19)18-12(7-16)14(20)17-10(8-24-3)4-5-23-2/h9-12H,4-8,16H2,1-3H3,(H,17,20)(H,18,19). The lowest BCUT2D eigenvalue weighted by Gasteiger charge is -2.32. The van der Waals surface area contributed by atoms with E-state index in [4.69, 9.17) is 10.5 Å². The van der Waals surface area contributed by atoms with Gasteiger partial charge in [0.05, 0.1) is 0 Å². The highest BCUT2D eigenvalue weighted by atomic mass is 32.2. The Hall–Kier alpha value is -0.930. The second-order valence-corrected chi connectivity index (χ2v) is 7.65. The van der Waals surface area contributed by atoms with E-state index in [9.17, 15) is 14.4 Å². The quantitative estimate of drug-likeness (QED) is 0.434. The van der Waals surface area contributed by atoms with Crippen molar-refractivity contribution >= 4 is 41.3 Å². The third kappa shape index (κ3) is 6.52. The van der Waals surface area contributed by atoms with Gasteiger partial charge in [-0.2, -0.15) is 23.5 Å². The highest BCUT2D eigenvalue weighted by molar-refractivity contribution is 7.98. The van der Waals surface area contributed by atoms with Crippen LogP contribution in [0.15, 0.2) is 0 Å². The first-order valence-electron chi connectivity index (χ1n) is 7.91. The number of carbonyl (C=O) groups is 3. The summed E-state index contributed by atoms with van der Waals surface area (Å²) in [5.41, 5.74) is 5.63. The zero-order valence-electron chi connectivity index (χ0n) is 14.4. The lowest BCUT2D eigenvalue weighted by atomic mass is 9.94. The number of thioether (sulfide) groups is 2. The Morgan fingerprint density at radius 3 is 2.50 bits per heavy atom. The number of rotatable bonds is 11. The first kappa shape index (κ1) is 21.1. The van der Waals surface area contributed by atoms with Crippen LogP contribution >= 0.6 is 23.5 Å². The zero-order chi connectivity index (χ0) is 18.1. The number of ether oxygens (including phenoxy) is 1. The summed E-state index contributed by atoms with van der Waals surface area (Å²) < 4.78 is 4.82. The Balaban J connectivity index is 2.49. The minimum absolute atomic E-state index is 0.0107. The maximum absolute atomic E-state index is 12.3. The van der Waals surface area contributed by atoms with Crippen LogP contribution in [0.2, 0.25) is 0 Å². The summed E-state index contributed by atoms with van der Waals surface area (Å²) in [5, 5.41) is 5.56. The van der Waals surface area contributed by atoms with Crippen molar-refractivity contribution in [1.82, 2.24) is 10.6 Å². The summed E-state index contributed by atoms with van der Waals surface area (Å²) in [6.07, 6.45) is 4.63. The molecule has 1 aliphatic rings. The third-order valence-corrected chi connectivity index (χ3v) is 5.23. The number of amides is 2. The van der Waals surface area contributed by atoms with Gasteiger partial charge in [0.1, 0.15) is 18.1 Å². The number of nitrogens with one attached hydrogen (secondary N) is 2. The molecule has 7 nitrogen and oxygen atoms in total. The molecule has 9 heteroatoms. The average molecular weight is 378 g/mol. The van der Waals surface area contributed by atoms with Crippen molar-refractivity contribution in [3.8, 4) is 0 Å². The van der Waals surface area contributed by atoms with Gasteiger partial charge in [0.2, 0.25) is 11.8 Å². The van der Waals surface area contributed by atoms with Crippen molar-refractivity contribution in [3.63, 3.8) is 0 Å². The van der Waals surface area contributed by atoms with Gasteiger partial charge in [-0.15, -0.1) is 0 Å². The van der Waals surface area contributed by atoms with Crippen LogP contribution in [0.25, 0.3) is 0 Å². The molecule has 0 aromatic heterocycles. The van der Waals surface area contributed by atoms with E-state index < -0.39 is 12.0 Å². The number of nitrogens with two attached hydrogens (primary N) is 1. The summed E-state index contributed by atoms with van der Waals surface area (Å²) in [6.45, 7) is 1.75. The average Bonchev–Trinajstić information content (AvgIpc) is 2.55. The molecule has 0 aliphatic carbocycles. The first-order chi connectivity index (χ1) is 11.4. The van der Waals surface area contributed by atoms with Gasteiger partial charge >= 0.3 is 5.97 Å². The molecule has 4 atom stereocenters. The molecule has 0 bridgehead atoms. The van der Waals surface area contributed by atoms with E-state index in [1.807, 2.05) is 12.5 Å². The Bertz CT molecular complexity index is 450. The molecule has 0 aromatic rings. The molecule has 138 valence electrons. The molecule has 1 aliphatic heterocycles. The maximum Gasteiger partial charge on any atom is 0.313 e. The fourth-order valence-electron chi connectivity index (χ4n) is 2.37. The molecule has 4 unspecified atom stereocenters. The largest absolute Gasteiger partial charge is 0.461 e. The number of hydrogen-bond donors (Lipinski definition) is 3. The van der Waals surface area contributed by atoms with Crippen LogP contribution in [-0.4, -0.2) is 66.5 Å². The molecule has 4 N–H and O–H groups in total. The fraction of sp³-hybridized carbons (Fsp3) is 0.800. The molecule has 0 saturated carbocycles. The normalized spacial score (nSPS) is 22.1. The Labute approximate surface area is 151 Å². The SMILES string of the molecule is CSCCC(CSC)NC(=O)C(CN)NC(=O)CC1C(=O)OC1C. The van der Waals surface area contributed by atoms with Crippen LogP contribution in [-0.2, 0) is 19.1 Å². The van der Waals surface area contributed by atoms with E-state index in [0.29, 0.717) is 0 Å². The van der Waals surface area contributed by atoms with E-state index in [1.54, 1.807) is 30.4 Å². The molecular weight excluding hydrogens is 350 g/mol. The number of cyclic esters (lactones) is 1. The summed E-state index contributed by atoms with van der Waals surface area (Å²) in [5.74, 6) is 0.311. The molecule has 1 saturated heterocycles. The van der Waals surface area contributed by atoms with Gasteiger partial charge in [-0.1, -0.05) is 0 Å². The summed E-state index contributed by atoms with van der Waals surface area (Å²) in [6, 6.07) is -0.741. The van der Waals surface area contributed by atoms with Crippen molar-refractivity contribution in [1.29, 1.82) is 0 Å². The minimum Gasteiger partial charge on any atom is -0.461 e. The zero-order valence-corrected chi connectivity index (χ0v) is 16.0. The number of esters is 1. The van der Waals surface area contributed by atoms with Crippen LogP contribution in [0.3, 0.4) is 0 Å².